The summed E-state index contributed by atoms with van der Waals surface area (Å²) in [6.45, 7) is 0. The molecule has 7 heteroatoms. The molecule has 0 bridgehead atoms. The lowest BCUT2D eigenvalue weighted by atomic mass is 9.92. The molecule has 0 amide bonds. The van der Waals surface area contributed by atoms with Crippen LogP contribution in [0.1, 0.15) is 21.5 Å². The highest BCUT2D eigenvalue weighted by molar-refractivity contribution is 6.01. The van der Waals surface area contributed by atoms with Gasteiger partial charge in [0.2, 0.25) is 5.75 Å². The molecule has 0 aliphatic rings. The highest BCUT2D eigenvalue weighted by atomic mass is 16.5. The number of phenols is 2. The zero-order valence-electron chi connectivity index (χ0n) is 13.5. The van der Waals surface area contributed by atoms with Gasteiger partial charge in [0, 0.05) is 22.8 Å². The Kier molecular flexibility index (Phi) is 5.28. The first-order valence-corrected chi connectivity index (χ1v) is 7.10. The predicted octanol–water partition coefficient (Wildman–Crippen LogP) is 2.44. The van der Waals surface area contributed by atoms with Crippen LogP contribution >= 0.6 is 0 Å². The lowest BCUT2D eigenvalue weighted by Crippen LogP contribution is -2.03. The zero-order chi connectivity index (χ0) is 18.6. The van der Waals surface area contributed by atoms with Crippen molar-refractivity contribution < 1.29 is 34.4 Å². The molecule has 7 nitrogen and oxygen atoms in total. The first-order valence-electron chi connectivity index (χ1n) is 7.10. The summed E-state index contributed by atoms with van der Waals surface area (Å²) in [5.74, 6) is -1.69. The van der Waals surface area contributed by atoms with Gasteiger partial charge < -0.3 is 24.8 Å². The Bertz CT molecular complexity index is 835. The van der Waals surface area contributed by atoms with E-state index in [2.05, 4.69) is 0 Å². The van der Waals surface area contributed by atoms with E-state index in [0.717, 1.165) is 6.08 Å². The van der Waals surface area contributed by atoms with E-state index < -0.39 is 5.97 Å². The normalized spacial score (nSPS) is 11.0. The lowest BCUT2D eigenvalue weighted by Gasteiger charge is -2.18. The topological polar surface area (TPSA) is 113 Å². The second kappa shape index (κ2) is 7.39. The van der Waals surface area contributed by atoms with E-state index in [1.54, 1.807) is 0 Å². The van der Waals surface area contributed by atoms with Crippen molar-refractivity contribution in [2.24, 2.45) is 0 Å². The van der Waals surface area contributed by atoms with E-state index in [9.17, 15) is 24.9 Å². The van der Waals surface area contributed by atoms with Gasteiger partial charge in [-0.2, -0.15) is 0 Å². The molecule has 2 aromatic carbocycles. The van der Waals surface area contributed by atoms with E-state index in [-0.39, 0.29) is 39.7 Å². The molecule has 0 fully saturated rings. The zero-order valence-corrected chi connectivity index (χ0v) is 13.5. The van der Waals surface area contributed by atoms with Gasteiger partial charge in [-0.25, -0.2) is 4.79 Å². The molecule has 0 saturated heterocycles. The molecule has 0 saturated carbocycles. The molecule has 0 aliphatic heterocycles. The van der Waals surface area contributed by atoms with E-state index in [0.29, 0.717) is 11.8 Å². The van der Waals surface area contributed by atoms with Crippen molar-refractivity contribution in [3.63, 3.8) is 0 Å². The average Bonchev–Trinajstić information content (AvgIpc) is 2.60. The monoisotopic (exact) mass is 344 g/mol. The molecule has 0 aliphatic carbocycles. The van der Waals surface area contributed by atoms with Crippen molar-refractivity contribution in [3.8, 4) is 23.0 Å². The number of methoxy groups -OCH3 is 2. The summed E-state index contributed by atoms with van der Waals surface area (Å²) in [4.78, 5) is 22.8. The van der Waals surface area contributed by atoms with Gasteiger partial charge in [0.15, 0.2) is 17.8 Å². The van der Waals surface area contributed by atoms with Gasteiger partial charge in [0.05, 0.1) is 14.2 Å². The maximum absolute atomic E-state index is 11.5. The molecular weight excluding hydrogens is 328 g/mol. The molecule has 0 heterocycles. The van der Waals surface area contributed by atoms with Gasteiger partial charge >= 0.3 is 5.97 Å². The van der Waals surface area contributed by atoms with Crippen LogP contribution in [0.3, 0.4) is 0 Å². The smallest absolute Gasteiger partial charge is 0.328 e. The third-order valence-electron chi connectivity index (χ3n) is 3.52. The maximum Gasteiger partial charge on any atom is 0.328 e. The largest absolute Gasteiger partial charge is 0.508 e. The summed E-state index contributed by atoms with van der Waals surface area (Å²) < 4.78 is 10.2. The summed E-state index contributed by atoms with van der Waals surface area (Å²) >= 11 is 0. The number of aldehydes is 1. The number of aliphatic carboxylic acids is 1. The third kappa shape index (κ3) is 3.55. The molecule has 0 aromatic heterocycles. The molecule has 0 spiro atoms. The Hall–Kier alpha value is -3.48. The minimum absolute atomic E-state index is 0.00132. The molecule has 130 valence electrons. The van der Waals surface area contributed by atoms with Crippen molar-refractivity contribution in [1.29, 1.82) is 0 Å². The molecule has 25 heavy (non-hydrogen) atoms. The number of carboxylic acids is 1. The highest BCUT2D eigenvalue weighted by Gasteiger charge is 2.23. The summed E-state index contributed by atoms with van der Waals surface area (Å²) in [5.41, 5.74) is 0.714. The third-order valence-corrected chi connectivity index (χ3v) is 3.52. The van der Waals surface area contributed by atoms with Crippen LogP contribution in [0.5, 0.6) is 23.0 Å². The van der Waals surface area contributed by atoms with Gasteiger partial charge in [-0.1, -0.05) is 12.1 Å². The summed E-state index contributed by atoms with van der Waals surface area (Å²) in [6.07, 6.45) is 1.40. The Morgan fingerprint density at radius 3 is 2.20 bits per heavy atom. The number of benzene rings is 2. The van der Waals surface area contributed by atoms with Gasteiger partial charge in [0.25, 0.3) is 0 Å². The van der Waals surface area contributed by atoms with E-state index >= 15 is 0 Å². The number of ether oxygens (including phenoxy) is 2. The lowest BCUT2D eigenvalue weighted by molar-refractivity contribution is -0.131. The van der Waals surface area contributed by atoms with Crippen LogP contribution in [0.4, 0.5) is 0 Å². The van der Waals surface area contributed by atoms with Gasteiger partial charge in [-0.15, -0.1) is 0 Å². The number of hydrogen-bond acceptors (Lipinski definition) is 6. The standard InChI is InChI=1S/C18H16O7/c1-24-14-7-11(9-19)16(18(25-2)17(14)23)13(8-15(21)22)10-3-5-12(20)6-4-10/h3-9,20,23H,1-2H3,(H,21,22)/b13-8+. The van der Waals surface area contributed by atoms with Crippen molar-refractivity contribution >= 4 is 17.8 Å². The van der Waals surface area contributed by atoms with Crippen LogP contribution in [0.25, 0.3) is 5.57 Å². The van der Waals surface area contributed by atoms with Crippen LogP contribution in [-0.4, -0.2) is 41.8 Å². The molecular formula is C18H16O7. The average molecular weight is 344 g/mol. The van der Waals surface area contributed by atoms with Gasteiger partial charge in [0.1, 0.15) is 5.75 Å². The number of aromatic hydroxyl groups is 2. The summed E-state index contributed by atoms with van der Waals surface area (Å²) in [5, 5.41) is 28.9. The molecule has 2 aromatic rings. The summed E-state index contributed by atoms with van der Waals surface area (Å²) in [6, 6.07) is 7.01. The van der Waals surface area contributed by atoms with Gasteiger partial charge in [-0.3, -0.25) is 4.79 Å². The number of phenolic OH excluding ortho intramolecular Hbond substituents is 2. The van der Waals surface area contributed by atoms with Crippen LogP contribution in [0, 0.1) is 0 Å². The number of rotatable bonds is 6. The van der Waals surface area contributed by atoms with Crippen molar-refractivity contribution in [2.45, 2.75) is 0 Å². The van der Waals surface area contributed by atoms with Crippen LogP contribution in [0.15, 0.2) is 36.4 Å². The summed E-state index contributed by atoms with van der Waals surface area (Å²) in [7, 11) is 2.60. The predicted molar refractivity (Wildman–Crippen MR) is 89.4 cm³/mol. The minimum Gasteiger partial charge on any atom is -0.508 e. The number of hydrogen-bond donors (Lipinski definition) is 3. The molecule has 0 radical (unpaired) electrons. The van der Waals surface area contributed by atoms with Gasteiger partial charge in [-0.05, 0) is 23.8 Å². The SMILES string of the molecule is COc1cc(C=O)c(/C(=C/C(=O)O)c2ccc(O)cc2)c(OC)c1O. The van der Waals surface area contributed by atoms with E-state index in [4.69, 9.17) is 9.47 Å². The molecule has 3 N–H and O–H groups in total. The second-order valence-electron chi connectivity index (χ2n) is 4.99. The van der Waals surface area contributed by atoms with Crippen molar-refractivity contribution in [2.75, 3.05) is 14.2 Å². The van der Waals surface area contributed by atoms with E-state index in [1.165, 1.54) is 44.6 Å². The fraction of sp³-hybridized carbons (Fsp3) is 0.111. The van der Waals surface area contributed by atoms with Crippen molar-refractivity contribution in [3.05, 3.63) is 53.1 Å². The second-order valence-corrected chi connectivity index (χ2v) is 4.99. The number of carboxylic acid groups (broad SMARTS) is 1. The maximum atomic E-state index is 11.5. The minimum atomic E-state index is -1.25. The molecule has 0 atom stereocenters. The van der Waals surface area contributed by atoms with Crippen molar-refractivity contribution in [1.82, 2.24) is 0 Å². The molecule has 0 unspecified atom stereocenters. The fourth-order valence-corrected chi connectivity index (χ4v) is 2.43. The first-order chi connectivity index (χ1) is 11.9. The number of carbonyl (C=O) groups excluding carboxylic acids is 1. The van der Waals surface area contributed by atoms with Crippen LogP contribution < -0.4 is 9.47 Å². The van der Waals surface area contributed by atoms with Crippen LogP contribution in [0.2, 0.25) is 0 Å². The Morgan fingerprint density at radius 2 is 1.72 bits per heavy atom. The quantitative estimate of drug-likeness (QED) is 0.545. The molecule has 2 rings (SSSR count). The Labute approximate surface area is 143 Å². The highest BCUT2D eigenvalue weighted by Crippen LogP contribution is 2.45. The fourth-order valence-electron chi connectivity index (χ4n) is 2.43. The van der Waals surface area contributed by atoms with Crippen LogP contribution in [-0.2, 0) is 4.79 Å². The Morgan fingerprint density at radius 1 is 1.08 bits per heavy atom. The Balaban J connectivity index is 2.85. The van der Waals surface area contributed by atoms with E-state index in [1.807, 2.05) is 0 Å². The first kappa shape index (κ1) is 17.9. The number of carbonyl (C=O) groups is 2.